The van der Waals surface area contributed by atoms with Gasteiger partial charge in [0.1, 0.15) is 11.5 Å². The fourth-order valence-electron chi connectivity index (χ4n) is 2.42. The molecule has 0 radical (unpaired) electrons. The Balaban J connectivity index is 1.76. The Morgan fingerprint density at radius 2 is 1.57 bits per heavy atom. The zero-order valence-corrected chi connectivity index (χ0v) is 18.1. The molecule has 0 fully saturated rings. The lowest BCUT2D eigenvalue weighted by Gasteiger charge is -2.22. The average Bonchev–Trinajstić information content (AvgIpc) is 2.65. The van der Waals surface area contributed by atoms with Gasteiger partial charge in [-0.15, -0.1) is 0 Å². The minimum absolute atomic E-state index is 0.107. The summed E-state index contributed by atoms with van der Waals surface area (Å²) < 4.78 is 12.0. The minimum Gasteiger partial charge on any atom is -0.484 e. The van der Waals surface area contributed by atoms with Gasteiger partial charge in [-0.25, -0.2) is 0 Å². The summed E-state index contributed by atoms with van der Waals surface area (Å²) >= 11 is 3.40. The lowest BCUT2D eigenvalue weighted by molar-refractivity contribution is -0.131. The smallest absolute Gasteiger partial charge is 0.276 e. The monoisotopic (exact) mass is 448 g/mol. The number of halogens is 1. The van der Waals surface area contributed by atoms with Gasteiger partial charge in [0.2, 0.25) is 0 Å². The number of ether oxygens (including phenoxy) is 2. The van der Waals surface area contributed by atoms with Crippen LogP contribution in [-0.2, 0) is 15.0 Å². The van der Waals surface area contributed by atoms with Crippen LogP contribution in [0.3, 0.4) is 0 Å². The van der Waals surface area contributed by atoms with Crippen molar-refractivity contribution in [2.75, 3.05) is 13.2 Å². The zero-order valence-electron chi connectivity index (χ0n) is 16.5. The fraction of sp³-hybridized carbons (Fsp3) is 0.333. The summed E-state index contributed by atoms with van der Waals surface area (Å²) in [5.41, 5.74) is 6.52. The number of nitrogens with one attached hydrogen (secondary N) is 2. The van der Waals surface area contributed by atoms with E-state index in [1.165, 1.54) is 0 Å². The van der Waals surface area contributed by atoms with E-state index in [1.54, 1.807) is 6.07 Å². The van der Waals surface area contributed by atoms with Gasteiger partial charge in [0.15, 0.2) is 13.2 Å². The maximum atomic E-state index is 11.9. The normalized spacial score (nSPS) is 10.9. The van der Waals surface area contributed by atoms with Crippen molar-refractivity contribution in [1.29, 1.82) is 0 Å². The molecule has 7 heteroatoms. The molecule has 2 N–H and O–H groups in total. The fourth-order valence-corrected chi connectivity index (χ4v) is 2.67. The molecule has 0 aliphatic carbocycles. The van der Waals surface area contributed by atoms with Gasteiger partial charge in [-0.1, -0.05) is 54.9 Å². The third-order valence-electron chi connectivity index (χ3n) is 3.89. The van der Waals surface area contributed by atoms with Gasteiger partial charge in [0.05, 0.1) is 0 Å². The number of carbonyl (C=O) groups is 2. The number of hydrogen-bond donors (Lipinski definition) is 2. The molecule has 0 heterocycles. The highest BCUT2D eigenvalue weighted by Crippen LogP contribution is 2.30. The molecular weight excluding hydrogens is 424 g/mol. The third kappa shape index (κ3) is 6.56. The van der Waals surface area contributed by atoms with E-state index in [2.05, 4.69) is 47.6 Å². The second-order valence-electron chi connectivity index (χ2n) is 7.33. The van der Waals surface area contributed by atoms with Crippen LogP contribution in [0.5, 0.6) is 11.5 Å². The molecule has 0 saturated heterocycles. The third-order valence-corrected chi connectivity index (χ3v) is 4.78. The van der Waals surface area contributed by atoms with E-state index in [-0.39, 0.29) is 18.6 Å². The van der Waals surface area contributed by atoms with Crippen LogP contribution < -0.4 is 20.3 Å². The van der Waals surface area contributed by atoms with Gasteiger partial charge < -0.3 is 9.47 Å². The Morgan fingerprint density at radius 1 is 0.964 bits per heavy atom. The minimum atomic E-state index is -0.469. The van der Waals surface area contributed by atoms with E-state index in [4.69, 9.17) is 9.47 Å². The molecular formula is C21H25BrN2O4. The summed E-state index contributed by atoms with van der Waals surface area (Å²) in [5, 5.41) is 0. The molecule has 2 aromatic rings. The van der Waals surface area contributed by atoms with Crippen molar-refractivity contribution in [1.82, 2.24) is 10.9 Å². The lowest BCUT2D eigenvalue weighted by atomic mass is 9.86. The highest BCUT2D eigenvalue weighted by atomic mass is 79.9. The number of carbonyl (C=O) groups excluding carboxylic acids is 2. The SMILES string of the molecule is Cc1cc(OCC(=O)NNC(=O)COc2ccccc2C(C)(C)C)ccc1Br. The molecule has 2 aromatic carbocycles. The Bertz CT molecular complexity index is 847. The van der Waals surface area contributed by atoms with Crippen LogP contribution in [0.25, 0.3) is 0 Å². The molecule has 0 atom stereocenters. The van der Waals surface area contributed by atoms with Gasteiger partial charge in [-0.3, -0.25) is 20.4 Å². The standard InChI is InChI=1S/C21H25BrN2O4/c1-14-11-15(9-10-17(14)22)27-12-19(25)23-24-20(26)13-28-18-8-6-5-7-16(18)21(2,3)4/h5-11H,12-13H2,1-4H3,(H,23,25)(H,24,26). The number of para-hydroxylation sites is 1. The van der Waals surface area contributed by atoms with E-state index < -0.39 is 11.8 Å². The van der Waals surface area contributed by atoms with Crippen LogP contribution in [0.4, 0.5) is 0 Å². The number of hydrazine groups is 1. The number of benzene rings is 2. The second-order valence-corrected chi connectivity index (χ2v) is 8.19. The molecule has 0 aliphatic rings. The van der Waals surface area contributed by atoms with Crippen LogP contribution in [0.2, 0.25) is 0 Å². The molecule has 0 aliphatic heterocycles. The first-order valence-corrected chi connectivity index (χ1v) is 9.65. The van der Waals surface area contributed by atoms with Gasteiger partial charge in [-0.2, -0.15) is 0 Å². The van der Waals surface area contributed by atoms with Crippen molar-refractivity contribution in [3.05, 3.63) is 58.1 Å². The van der Waals surface area contributed by atoms with Crippen LogP contribution in [0.1, 0.15) is 31.9 Å². The van der Waals surface area contributed by atoms with Crippen molar-refractivity contribution in [3.63, 3.8) is 0 Å². The van der Waals surface area contributed by atoms with E-state index in [1.807, 2.05) is 43.3 Å². The molecule has 0 aromatic heterocycles. The van der Waals surface area contributed by atoms with Crippen LogP contribution >= 0.6 is 15.9 Å². The first-order chi connectivity index (χ1) is 13.2. The van der Waals surface area contributed by atoms with E-state index in [0.717, 1.165) is 15.6 Å². The average molecular weight is 449 g/mol. The quantitative estimate of drug-likeness (QED) is 0.661. The van der Waals surface area contributed by atoms with Crippen molar-refractivity contribution in [2.24, 2.45) is 0 Å². The predicted molar refractivity (Wildman–Crippen MR) is 111 cm³/mol. The molecule has 2 rings (SSSR count). The maximum absolute atomic E-state index is 11.9. The van der Waals surface area contributed by atoms with Crippen molar-refractivity contribution in [3.8, 4) is 11.5 Å². The molecule has 28 heavy (non-hydrogen) atoms. The number of hydrogen-bond acceptors (Lipinski definition) is 4. The van der Waals surface area contributed by atoms with E-state index in [0.29, 0.717) is 11.5 Å². The van der Waals surface area contributed by atoms with Gasteiger partial charge in [-0.05, 0) is 47.7 Å². The van der Waals surface area contributed by atoms with Crippen molar-refractivity contribution >= 4 is 27.7 Å². The summed E-state index contributed by atoms with van der Waals surface area (Å²) in [6.45, 7) is 7.72. The van der Waals surface area contributed by atoms with E-state index >= 15 is 0 Å². The Morgan fingerprint density at radius 3 is 2.18 bits per heavy atom. The van der Waals surface area contributed by atoms with E-state index in [9.17, 15) is 9.59 Å². The topological polar surface area (TPSA) is 76.7 Å². The maximum Gasteiger partial charge on any atom is 0.276 e. The Kier molecular flexibility index (Phi) is 7.45. The summed E-state index contributed by atoms with van der Waals surface area (Å²) in [4.78, 5) is 23.8. The van der Waals surface area contributed by atoms with Crippen LogP contribution in [0.15, 0.2) is 46.9 Å². The largest absolute Gasteiger partial charge is 0.484 e. The summed E-state index contributed by atoms with van der Waals surface area (Å²) in [6.07, 6.45) is 0. The lowest BCUT2D eigenvalue weighted by Crippen LogP contribution is -2.45. The van der Waals surface area contributed by atoms with Gasteiger partial charge in [0, 0.05) is 4.47 Å². The summed E-state index contributed by atoms with van der Waals surface area (Å²) in [6, 6.07) is 13.0. The highest BCUT2D eigenvalue weighted by Gasteiger charge is 2.19. The highest BCUT2D eigenvalue weighted by molar-refractivity contribution is 9.10. The Hall–Kier alpha value is -2.54. The Labute approximate surface area is 173 Å². The van der Waals surface area contributed by atoms with Gasteiger partial charge in [0.25, 0.3) is 11.8 Å². The predicted octanol–water partition coefficient (Wildman–Crippen LogP) is 3.66. The zero-order chi connectivity index (χ0) is 20.7. The van der Waals surface area contributed by atoms with Gasteiger partial charge >= 0.3 is 0 Å². The number of aryl methyl sites for hydroxylation is 1. The first kappa shape index (κ1) is 21.8. The molecule has 0 saturated carbocycles. The molecule has 0 bridgehead atoms. The molecule has 6 nitrogen and oxygen atoms in total. The molecule has 0 spiro atoms. The molecule has 2 amide bonds. The second kappa shape index (κ2) is 9.59. The van der Waals surface area contributed by atoms with Crippen molar-refractivity contribution < 1.29 is 19.1 Å². The van der Waals surface area contributed by atoms with Crippen LogP contribution in [-0.4, -0.2) is 25.0 Å². The summed E-state index contributed by atoms with van der Waals surface area (Å²) in [7, 11) is 0. The van der Waals surface area contributed by atoms with Crippen molar-refractivity contribution in [2.45, 2.75) is 33.1 Å². The first-order valence-electron chi connectivity index (χ1n) is 8.86. The van der Waals surface area contributed by atoms with Crippen LogP contribution in [0, 0.1) is 6.92 Å². The number of rotatable bonds is 6. The molecule has 150 valence electrons. The number of amides is 2. The molecule has 0 unspecified atom stereocenters. The summed E-state index contributed by atoms with van der Waals surface area (Å²) in [5.74, 6) is 0.287.